The van der Waals surface area contributed by atoms with Crippen LogP contribution in [-0.4, -0.2) is 37.8 Å². The number of amides is 1. The van der Waals surface area contributed by atoms with Gasteiger partial charge >= 0.3 is 0 Å². The summed E-state index contributed by atoms with van der Waals surface area (Å²) < 4.78 is 32.1. The van der Waals surface area contributed by atoms with Gasteiger partial charge in [0.05, 0.1) is 11.0 Å². The van der Waals surface area contributed by atoms with E-state index in [-0.39, 0.29) is 16.9 Å². The largest absolute Gasteiger partial charge is 0.491 e. The molecule has 0 radical (unpaired) electrons. The SMILES string of the molecule is CCN(CC)S(=O)(=O)c1ccc(C(=O)Nc2ccc(OC(C)C)cc2C)cc1. The maximum absolute atomic E-state index is 12.5. The number of hydrogen-bond acceptors (Lipinski definition) is 4. The van der Waals surface area contributed by atoms with Gasteiger partial charge in [-0.25, -0.2) is 8.42 Å². The summed E-state index contributed by atoms with van der Waals surface area (Å²) >= 11 is 0. The van der Waals surface area contributed by atoms with Gasteiger partial charge in [0.2, 0.25) is 10.0 Å². The second-order valence-corrected chi connectivity index (χ2v) is 8.65. The number of carbonyl (C=O) groups is 1. The Morgan fingerprint density at radius 2 is 1.68 bits per heavy atom. The number of sulfonamides is 1. The molecule has 152 valence electrons. The third-order valence-corrected chi connectivity index (χ3v) is 6.34. The molecule has 0 aliphatic rings. The number of carbonyl (C=O) groups excluding carboxylic acids is 1. The van der Waals surface area contributed by atoms with Crippen LogP contribution in [0.5, 0.6) is 5.75 Å². The van der Waals surface area contributed by atoms with E-state index in [0.717, 1.165) is 11.3 Å². The molecule has 0 aromatic heterocycles. The molecule has 0 saturated carbocycles. The van der Waals surface area contributed by atoms with Gasteiger partial charge in [0, 0.05) is 24.3 Å². The highest BCUT2D eigenvalue weighted by Crippen LogP contribution is 2.23. The van der Waals surface area contributed by atoms with Crippen LogP contribution >= 0.6 is 0 Å². The van der Waals surface area contributed by atoms with E-state index < -0.39 is 10.0 Å². The molecule has 0 fully saturated rings. The average Bonchev–Trinajstić information content (AvgIpc) is 2.64. The van der Waals surface area contributed by atoms with Gasteiger partial charge < -0.3 is 10.1 Å². The van der Waals surface area contributed by atoms with Crippen molar-refractivity contribution in [3.63, 3.8) is 0 Å². The lowest BCUT2D eigenvalue weighted by Crippen LogP contribution is -2.30. The fourth-order valence-corrected chi connectivity index (χ4v) is 4.27. The molecule has 0 atom stereocenters. The first kappa shape index (κ1) is 21.9. The predicted molar refractivity (Wildman–Crippen MR) is 111 cm³/mol. The second kappa shape index (κ2) is 9.21. The standard InChI is InChI=1S/C21H28N2O4S/c1-6-23(7-2)28(25,26)19-11-8-17(9-12-19)21(24)22-20-13-10-18(14-16(20)5)27-15(3)4/h8-15H,6-7H2,1-5H3,(H,22,24). The zero-order valence-corrected chi connectivity index (χ0v) is 17.8. The average molecular weight is 405 g/mol. The monoisotopic (exact) mass is 404 g/mol. The van der Waals surface area contributed by atoms with E-state index >= 15 is 0 Å². The van der Waals surface area contributed by atoms with Gasteiger partial charge in [-0.1, -0.05) is 13.8 Å². The summed E-state index contributed by atoms with van der Waals surface area (Å²) in [6.07, 6.45) is 0.0750. The maximum atomic E-state index is 12.5. The van der Waals surface area contributed by atoms with Crippen LogP contribution < -0.4 is 10.1 Å². The van der Waals surface area contributed by atoms with Crippen LogP contribution in [0.4, 0.5) is 5.69 Å². The molecule has 0 spiro atoms. The lowest BCUT2D eigenvalue weighted by Gasteiger charge is -2.18. The third kappa shape index (κ3) is 5.11. The quantitative estimate of drug-likeness (QED) is 0.720. The second-order valence-electron chi connectivity index (χ2n) is 6.71. The van der Waals surface area contributed by atoms with Crippen molar-refractivity contribution in [2.24, 2.45) is 0 Å². The molecule has 0 aliphatic heterocycles. The van der Waals surface area contributed by atoms with Crippen molar-refractivity contribution in [3.05, 3.63) is 53.6 Å². The fourth-order valence-electron chi connectivity index (χ4n) is 2.81. The molecular weight excluding hydrogens is 376 g/mol. The van der Waals surface area contributed by atoms with Crippen LogP contribution in [0.15, 0.2) is 47.4 Å². The van der Waals surface area contributed by atoms with Gasteiger partial charge in [0.25, 0.3) is 5.91 Å². The normalized spacial score (nSPS) is 11.7. The highest BCUT2D eigenvalue weighted by molar-refractivity contribution is 7.89. The number of aryl methyl sites for hydroxylation is 1. The van der Waals surface area contributed by atoms with Gasteiger partial charge in [-0.3, -0.25) is 4.79 Å². The van der Waals surface area contributed by atoms with Crippen molar-refractivity contribution in [2.75, 3.05) is 18.4 Å². The summed E-state index contributed by atoms with van der Waals surface area (Å²) in [5.74, 6) is 0.448. The van der Waals surface area contributed by atoms with Crippen LogP contribution in [0.2, 0.25) is 0 Å². The lowest BCUT2D eigenvalue weighted by molar-refractivity contribution is 0.102. The first-order chi connectivity index (χ1) is 13.2. The van der Waals surface area contributed by atoms with E-state index in [2.05, 4.69) is 5.32 Å². The lowest BCUT2D eigenvalue weighted by atomic mass is 10.1. The molecule has 7 heteroatoms. The fraction of sp³-hybridized carbons (Fsp3) is 0.381. The maximum Gasteiger partial charge on any atom is 0.255 e. The molecule has 28 heavy (non-hydrogen) atoms. The number of hydrogen-bond donors (Lipinski definition) is 1. The minimum atomic E-state index is -3.54. The number of rotatable bonds is 8. The minimum Gasteiger partial charge on any atom is -0.491 e. The van der Waals surface area contributed by atoms with Gasteiger partial charge in [-0.05, 0) is 68.8 Å². The summed E-state index contributed by atoms with van der Waals surface area (Å²) in [6.45, 7) is 10.2. The van der Waals surface area contributed by atoms with Gasteiger partial charge in [-0.2, -0.15) is 4.31 Å². The number of benzene rings is 2. The molecule has 1 N–H and O–H groups in total. The zero-order valence-electron chi connectivity index (χ0n) is 17.0. The Hall–Kier alpha value is -2.38. The third-order valence-electron chi connectivity index (χ3n) is 4.28. The van der Waals surface area contributed by atoms with E-state index in [0.29, 0.717) is 24.3 Å². The van der Waals surface area contributed by atoms with Gasteiger partial charge in [0.1, 0.15) is 5.75 Å². The molecule has 0 unspecified atom stereocenters. The van der Waals surface area contributed by atoms with Crippen molar-refractivity contribution in [3.8, 4) is 5.75 Å². The summed E-state index contributed by atoms with van der Waals surface area (Å²) in [7, 11) is -3.54. The molecule has 0 saturated heterocycles. The predicted octanol–water partition coefficient (Wildman–Crippen LogP) is 4.07. The van der Waals surface area contributed by atoms with Crippen molar-refractivity contribution in [1.29, 1.82) is 0 Å². The van der Waals surface area contributed by atoms with Crippen LogP contribution in [0.3, 0.4) is 0 Å². The van der Waals surface area contributed by atoms with Crippen LogP contribution in [0.25, 0.3) is 0 Å². The minimum absolute atomic E-state index is 0.0750. The smallest absolute Gasteiger partial charge is 0.255 e. The zero-order chi connectivity index (χ0) is 20.9. The Bertz CT molecular complexity index is 918. The molecule has 0 bridgehead atoms. The Morgan fingerprint density at radius 3 is 2.18 bits per heavy atom. The van der Waals surface area contributed by atoms with E-state index in [1.165, 1.54) is 28.6 Å². The summed E-state index contributed by atoms with van der Waals surface area (Å²) in [4.78, 5) is 12.7. The van der Waals surface area contributed by atoms with E-state index in [9.17, 15) is 13.2 Å². The molecule has 2 rings (SSSR count). The van der Waals surface area contributed by atoms with Crippen LogP contribution in [0.1, 0.15) is 43.6 Å². The number of anilines is 1. The van der Waals surface area contributed by atoms with Gasteiger partial charge in [-0.15, -0.1) is 0 Å². The molecule has 2 aromatic rings. The summed E-state index contributed by atoms with van der Waals surface area (Å²) in [5, 5.41) is 2.86. The summed E-state index contributed by atoms with van der Waals surface area (Å²) in [6, 6.07) is 11.5. The number of ether oxygens (including phenoxy) is 1. The van der Waals surface area contributed by atoms with Crippen molar-refractivity contribution in [2.45, 2.75) is 45.6 Å². The number of nitrogens with zero attached hydrogens (tertiary/aromatic N) is 1. The number of nitrogens with one attached hydrogen (secondary N) is 1. The highest BCUT2D eigenvalue weighted by atomic mass is 32.2. The Morgan fingerprint density at radius 1 is 1.07 bits per heavy atom. The Kier molecular flexibility index (Phi) is 7.21. The molecule has 6 nitrogen and oxygen atoms in total. The van der Waals surface area contributed by atoms with Crippen molar-refractivity contribution >= 4 is 21.6 Å². The molecule has 2 aromatic carbocycles. The van der Waals surface area contributed by atoms with Gasteiger partial charge in [0.15, 0.2) is 0 Å². The van der Waals surface area contributed by atoms with Crippen LogP contribution in [-0.2, 0) is 10.0 Å². The summed E-state index contributed by atoms with van der Waals surface area (Å²) in [5.41, 5.74) is 1.95. The van der Waals surface area contributed by atoms with Crippen LogP contribution in [0, 0.1) is 6.92 Å². The molecule has 1 amide bonds. The highest BCUT2D eigenvalue weighted by Gasteiger charge is 2.21. The molecule has 0 aliphatic carbocycles. The van der Waals surface area contributed by atoms with E-state index in [1.807, 2.05) is 32.9 Å². The van der Waals surface area contributed by atoms with Crippen molar-refractivity contribution < 1.29 is 17.9 Å². The van der Waals surface area contributed by atoms with Crippen molar-refractivity contribution in [1.82, 2.24) is 4.31 Å². The van der Waals surface area contributed by atoms with E-state index in [4.69, 9.17) is 4.74 Å². The molecule has 0 heterocycles. The topological polar surface area (TPSA) is 75.7 Å². The molecular formula is C21H28N2O4S. The Labute approximate surface area is 167 Å². The van der Waals surface area contributed by atoms with E-state index in [1.54, 1.807) is 19.9 Å². The first-order valence-electron chi connectivity index (χ1n) is 9.37. The Balaban J connectivity index is 2.16. The first-order valence-corrected chi connectivity index (χ1v) is 10.8.